The minimum Gasteiger partial charge on any atom is -0.316 e. The van der Waals surface area contributed by atoms with Crippen LogP contribution < -0.4 is 10.6 Å². The Hall–Kier alpha value is -0.220. The van der Waals surface area contributed by atoms with Gasteiger partial charge >= 0.3 is 0 Å². The molecule has 0 spiro atoms. The van der Waals surface area contributed by atoms with Gasteiger partial charge in [-0.1, -0.05) is 13.3 Å². The normalized spacial score (nSPS) is 27.4. The van der Waals surface area contributed by atoms with Gasteiger partial charge in [0, 0.05) is 13.1 Å². The van der Waals surface area contributed by atoms with Gasteiger partial charge in [-0.2, -0.15) is 0 Å². The van der Waals surface area contributed by atoms with E-state index in [0.717, 1.165) is 38.9 Å². The summed E-state index contributed by atoms with van der Waals surface area (Å²) in [5.74, 6) is 0. The average molecular weight is 206 g/mol. The molecule has 0 aromatic heterocycles. The number of nitrogens with one attached hydrogen (secondary N) is 2. The first-order valence-corrected chi connectivity index (χ1v) is 5.38. The van der Waals surface area contributed by atoms with Crippen LogP contribution in [-0.4, -0.2) is 32.6 Å². The van der Waals surface area contributed by atoms with Crippen molar-refractivity contribution >= 4 is 0 Å². The Morgan fingerprint density at radius 1 is 1.50 bits per heavy atom. The summed E-state index contributed by atoms with van der Waals surface area (Å²) >= 11 is 0. The SMILES string of the molecule is CCCC1(CNCC(F)F)CCNC1. The van der Waals surface area contributed by atoms with Crippen LogP contribution in [0.2, 0.25) is 0 Å². The number of hydrogen-bond donors (Lipinski definition) is 2. The highest BCUT2D eigenvalue weighted by molar-refractivity contribution is 4.89. The molecule has 1 unspecified atom stereocenters. The maximum Gasteiger partial charge on any atom is 0.250 e. The Labute approximate surface area is 84.4 Å². The van der Waals surface area contributed by atoms with Crippen LogP contribution in [-0.2, 0) is 0 Å². The molecule has 1 fully saturated rings. The molecule has 84 valence electrons. The summed E-state index contributed by atoms with van der Waals surface area (Å²) < 4.78 is 23.9. The Bertz CT molecular complexity index is 156. The molecule has 0 radical (unpaired) electrons. The Morgan fingerprint density at radius 2 is 2.29 bits per heavy atom. The standard InChI is InChI=1S/C10H20F2N2/c1-2-3-10(4-5-13-7-10)8-14-6-9(11)12/h9,13-14H,2-8H2,1H3. The van der Waals surface area contributed by atoms with Crippen LogP contribution in [0, 0.1) is 5.41 Å². The molecule has 1 aliphatic rings. The van der Waals surface area contributed by atoms with Crippen molar-refractivity contribution in [1.29, 1.82) is 0 Å². The quantitative estimate of drug-likeness (QED) is 0.690. The maximum absolute atomic E-state index is 11.9. The fourth-order valence-corrected chi connectivity index (χ4v) is 2.22. The smallest absolute Gasteiger partial charge is 0.250 e. The summed E-state index contributed by atoms with van der Waals surface area (Å²) in [7, 11) is 0. The van der Waals surface area contributed by atoms with Crippen molar-refractivity contribution in [1.82, 2.24) is 10.6 Å². The van der Waals surface area contributed by atoms with E-state index in [1.54, 1.807) is 0 Å². The van der Waals surface area contributed by atoms with Crippen LogP contribution in [0.3, 0.4) is 0 Å². The van der Waals surface area contributed by atoms with Crippen LogP contribution in [0.1, 0.15) is 26.2 Å². The van der Waals surface area contributed by atoms with Crippen molar-refractivity contribution in [2.45, 2.75) is 32.6 Å². The molecule has 1 aliphatic heterocycles. The first-order chi connectivity index (χ1) is 6.68. The number of hydrogen-bond acceptors (Lipinski definition) is 2. The van der Waals surface area contributed by atoms with Crippen LogP contribution in [0.5, 0.6) is 0 Å². The van der Waals surface area contributed by atoms with E-state index in [4.69, 9.17) is 0 Å². The van der Waals surface area contributed by atoms with E-state index in [1.165, 1.54) is 0 Å². The van der Waals surface area contributed by atoms with Crippen LogP contribution in [0.15, 0.2) is 0 Å². The van der Waals surface area contributed by atoms with Gasteiger partial charge in [0.1, 0.15) is 0 Å². The summed E-state index contributed by atoms with van der Waals surface area (Å²) in [6.45, 7) is 4.68. The van der Waals surface area contributed by atoms with Gasteiger partial charge in [-0.25, -0.2) is 8.78 Å². The van der Waals surface area contributed by atoms with Crippen molar-refractivity contribution in [3.63, 3.8) is 0 Å². The molecule has 0 aromatic carbocycles. The Kier molecular flexibility index (Phi) is 4.75. The van der Waals surface area contributed by atoms with Gasteiger partial charge < -0.3 is 10.6 Å². The van der Waals surface area contributed by atoms with Gasteiger partial charge in [-0.15, -0.1) is 0 Å². The van der Waals surface area contributed by atoms with Gasteiger partial charge in [0.15, 0.2) is 0 Å². The summed E-state index contributed by atoms with van der Waals surface area (Å²) in [6, 6.07) is 0. The van der Waals surface area contributed by atoms with Gasteiger partial charge in [0.25, 0.3) is 6.43 Å². The third-order valence-electron chi connectivity index (χ3n) is 2.91. The summed E-state index contributed by atoms with van der Waals surface area (Å²) in [5.41, 5.74) is 0.226. The minimum absolute atomic E-state index is 0.175. The predicted octanol–water partition coefficient (Wildman–Crippen LogP) is 1.62. The average Bonchev–Trinajstić information content (AvgIpc) is 2.53. The molecule has 1 atom stereocenters. The molecule has 4 heteroatoms. The summed E-state index contributed by atoms with van der Waals surface area (Å²) in [6.07, 6.45) is 1.12. The van der Waals surface area contributed by atoms with E-state index in [9.17, 15) is 8.78 Å². The predicted molar refractivity (Wildman–Crippen MR) is 53.7 cm³/mol. The fourth-order valence-electron chi connectivity index (χ4n) is 2.22. The second-order valence-electron chi connectivity index (χ2n) is 4.20. The highest BCUT2D eigenvalue weighted by Gasteiger charge is 2.32. The lowest BCUT2D eigenvalue weighted by Gasteiger charge is -2.28. The molecule has 0 aliphatic carbocycles. The fraction of sp³-hybridized carbons (Fsp3) is 1.00. The Balaban J connectivity index is 2.28. The van der Waals surface area contributed by atoms with E-state index in [0.29, 0.717) is 0 Å². The zero-order chi connectivity index (χ0) is 10.4. The number of rotatable bonds is 6. The molecule has 0 bridgehead atoms. The molecular formula is C10H20F2N2. The van der Waals surface area contributed by atoms with Crippen LogP contribution >= 0.6 is 0 Å². The third kappa shape index (κ3) is 3.50. The minimum atomic E-state index is -2.23. The molecule has 0 aromatic rings. The van der Waals surface area contributed by atoms with Gasteiger partial charge in [-0.05, 0) is 24.8 Å². The van der Waals surface area contributed by atoms with Crippen LogP contribution in [0.4, 0.5) is 8.78 Å². The largest absolute Gasteiger partial charge is 0.316 e. The van der Waals surface area contributed by atoms with Crippen molar-refractivity contribution in [3.8, 4) is 0 Å². The molecule has 2 N–H and O–H groups in total. The summed E-state index contributed by atoms with van der Waals surface area (Å²) in [4.78, 5) is 0. The van der Waals surface area contributed by atoms with E-state index in [2.05, 4.69) is 17.6 Å². The number of halogens is 2. The zero-order valence-corrected chi connectivity index (χ0v) is 8.78. The lowest BCUT2D eigenvalue weighted by Crippen LogP contribution is -2.38. The molecule has 2 nitrogen and oxygen atoms in total. The molecule has 0 amide bonds. The van der Waals surface area contributed by atoms with Crippen LogP contribution in [0.25, 0.3) is 0 Å². The van der Waals surface area contributed by atoms with E-state index in [-0.39, 0.29) is 12.0 Å². The second-order valence-corrected chi connectivity index (χ2v) is 4.20. The Morgan fingerprint density at radius 3 is 2.79 bits per heavy atom. The van der Waals surface area contributed by atoms with Crippen molar-refractivity contribution < 1.29 is 8.78 Å². The molecule has 1 heterocycles. The van der Waals surface area contributed by atoms with Gasteiger partial charge in [0.05, 0.1) is 6.54 Å². The van der Waals surface area contributed by atoms with Crippen molar-refractivity contribution in [3.05, 3.63) is 0 Å². The number of alkyl halides is 2. The van der Waals surface area contributed by atoms with E-state index < -0.39 is 6.43 Å². The highest BCUT2D eigenvalue weighted by atomic mass is 19.3. The second kappa shape index (κ2) is 5.61. The topological polar surface area (TPSA) is 24.1 Å². The van der Waals surface area contributed by atoms with E-state index >= 15 is 0 Å². The zero-order valence-electron chi connectivity index (χ0n) is 8.78. The summed E-state index contributed by atoms with van der Waals surface area (Å²) in [5, 5.41) is 6.17. The maximum atomic E-state index is 11.9. The monoisotopic (exact) mass is 206 g/mol. The molecule has 0 saturated carbocycles. The lowest BCUT2D eigenvalue weighted by atomic mass is 9.82. The first-order valence-electron chi connectivity index (χ1n) is 5.38. The van der Waals surface area contributed by atoms with E-state index in [1.807, 2.05) is 0 Å². The third-order valence-corrected chi connectivity index (χ3v) is 2.91. The van der Waals surface area contributed by atoms with Crippen molar-refractivity contribution in [2.75, 3.05) is 26.2 Å². The molecule has 1 saturated heterocycles. The lowest BCUT2D eigenvalue weighted by molar-refractivity contribution is 0.138. The first kappa shape index (κ1) is 11.9. The van der Waals surface area contributed by atoms with Crippen molar-refractivity contribution in [2.24, 2.45) is 5.41 Å². The molecule has 14 heavy (non-hydrogen) atoms. The van der Waals surface area contributed by atoms with Gasteiger partial charge in [-0.3, -0.25) is 0 Å². The molecular weight excluding hydrogens is 186 g/mol. The highest BCUT2D eigenvalue weighted by Crippen LogP contribution is 2.29. The van der Waals surface area contributed by atoms with Gasteiger partial charge in [0.2, 0.25) is 0 Å². The molecule has 1 rings (SSSR count).